The van der Waals surface area contributed by atoms with E-state index in [1.54, 1.807) is 4.90 Å². The molecule has 1 fully saturated rings. The maximum Gasteiger partial charge on any atom is 0.416 e. The number of piperidine rings is 1. The molecule has 0 aromatic heterocycles. The summed E-state index contributed by atoms with van der Waals surface area (Å²) in [6.07, 6.45) is -7.52. The first kappa shape index (κ1) is 26.3. The fourth-order valence-electron chi connectivity index (χ4n) is 4.12. The number of rotatable bonds is 4. The van der Waals surface area contributed by atoms with Gasteiger partial charge >= 0.3 is 12.4 Å². The number of halogens is 6. The van der Waals surface area contributed by atoms with Gasteiger partial charge in [-0.3, -0.25) is 19.3 Å². The van der Waals surface area contributed by atoms with E-state index in [-0.39, 0.29) is 42.2 Å². The molecular formula is C24H21F6N3O4. The third-order valence-corrected chi connectivity index (χ3v) is 6.01. The number of alkyl halides is 6. The van der Waals surface area contributed by atoms with E-state index >= 15 is 0 Å². The molecule has 198 valence electrons. The second-order valence-corrected chi connectivity index (χ2v) is 8.64. The van der Waals surface area contributed by atoms with Crippen LogP contribution in [0.5, 0.6) is 5.75 Å². The van der Waals surface area contributed by atoms with Crippen LogP contribution in [0.15, 0.2) is 36.4 Å². The molecule has 0 bridgehead atoms. The first-order chi connectivity index (χ1) is 17.3. The molecule has 4 rings (SSSR count). The second-order valence-electron chi connectivity index (χ2n) is 8.64. The Labute approximate surface area is 207 Å². The highest BCUT2D eigenvalue weighted by Gasteiger charge is 2.37. The summed E-state index contributed by atoms with van der Waals surface area (Å²) >= 11 is 0. The highest BCUT2D eigenvalue weighted by Crippen LogP contribution is 2.37. The largest absolute Gasteiger partial charge is 0.482 e. The molecule has 0 radical (unpaired) electrons. The Morgan fingerprint density at radius 1 is 0.892 bits per heavy atom. The lowest BCUT2D eigenvalue weighted by Crippen LogP contribution is -2.47. The number of fused-ring (bicyclic) bond motifs is 1. The number of likely N-dealkylation sites (tertiary alicyclic amines) is 1. The third kappa shape index (κ3) is 5.97. The minimum atomic E-state index is -5.11. The van der Waals surface area contributed by atoms with Crippen LogP contribution in [0.25, 0.3) is 0 Å². The van der Waals surface area contributed by atoms with Crippen LogP contribution < -0.4 is 15.0 Å². The number of amides is 3. The summed E-state index contributed by atoms with van der Waals surface area (Å²) in [7, 11) is 0. The maximum absolute atomic E-state index is 13.2. The Morgan fingerprint density at radius 3 is 2.11 bits per heavy atom. The Hall–Kier alpha value is -3.77. The molecule has 2 aromatic rings. The van der Waals surface area contributed by atoms with E-state index in [0.29, 0.717) is 25.2 Å². The first-order valence-corrected chi connectivity index (χ1v) is 11.3. The van der Waals surface area contributed by atoms with Gasteiger partial charge in [-0.2, -0.15) is 26.3 Å². The van der Waals surface area contributed by atoms with Crippen LogP contribution in [-0.2, 0) is 21.9 Å². The molecule has 0 saturated carbocycles. The van der Waals surface area contributed by atoms with Gasteiger partial charge in [-0.15, -0.1) is 0 Å². The molecule has 2 aromatic carbocycles. The lowest BCUT2D eigenvalue weighted by atomic mass is 10.0. The Morgan fingerprint density at radius 2 is 1.51 bits per heavy atom. The monoisotopic (exact) mass is 529 g/mol. The number of benzene rings is 2. The minimum Gasteiger partial charge on any atom is -0.482 e. The van der Waals surface area contributed by atoms with Gasteiger partial charge in [-0.25, -0.2) is 0 Å². The van der Waals surface area contributed by atoms with E-state index in [1.165, 1.54) is 23.1 Å². The topological polar surface area (TPSA) is 79.0 Å². The van der Waals surface area contributed by atoms with Crippen LogP contribution in [-0.4, -0.2) is 48.9 Å². The smallest absolute Gasteiger partial charge is 0.416 e. The lowest BCUT2D eigenvalue weighted by molar-refractivity contribution is -0.143. The SMILES string of the molecule is O=C(Nc1ccc2c(c1)N(CC(=O)N1CCCCC1)C(=O)CO2)c1cc(C(F)(F)F)cc(C(F)(F)F)c1. The summed E-state index contributed by atoms with van der Waals surface area (Å²) in [6, 6.07) is 4.53. The van der Waals surface area contributed by atoms with Crippen LogP contribution >= 0.6 is 0 Å². The first-order valence-electron chi connectivity index (χ1n) is 11.3. The number of hydrogen-bond donors (Lipinski definition) is 1. The number of carbonyl (C=O) groups is 3. The van der Waals surface area contributed by atoms with Gasteiger partial charge < -0.3 is 15.0 Å². The number of nitrogens with zero attached hydrogens (tertiary/aromatic N) is 2. The van der Waals surface area contributed by atoms with Gasteiger partial charge in [0.25, 0.3) is 11.8 Å². The molecule has 0 atom stereocenters. The lowest BCUT2D eigenvalue weighted by Gasteiger charge is -2.33. The summed E-state index contributed by atoms with van der Waals surface area (Å²) in [5.41, 5.74) is -3.99. The van der Waals surface area contributed by atoms with Gasteiger partial charge in [0.15, 0.2) is 6.61 Å². The van der Waals surface area contributed by atoms with Crippen molar-refractivity contribution in [3.05, 3.63) is 53.1 Å². The van der Waals surface area contributed by atoms with Crippen molar-refractivity contribution in [1.82, 2.24) is 4.90 Å². The Bertz CT molecular complexity index is 1190. The van der Waals surface area contributed by atoms with Gasteiger partial charge in [0.2, 0.25) is 5.91 Å². The van der Waals surface area contributed by atoms with Crippen molar-refractivity contribution in [2.45, 2.75) is 31.6 Å². The molecule has 7 nitrogen and oxygen atoms in total. The van der Waals surface area contributed by atoms with Crippen LogP contribution in [0.1, 0.15) is 40.7 Å². The van der Waals surface area contributed by atoms with Crippen molar-refractivity contribution in [2.24, 2.45) is 0 Å². The second kappa shape index (κ2) is 9.94. The molecule has 0 unspecified atom stereocenters. The molecule has 2 aliphatic rings. The maximum atomic E-state index is 13.2. The van der Waals surface area contributed by atoms with Gasteiger partial charge in [0, 0.05) is 24.3 Å². The third-order valence-electron chi connectivity index (χ3n) is 6.01. The molecule has 0 spiro atoms. The summed E-state index contributed by atoms with van der Waals surface area (Å²) in [4.78, 5) is 40.7. The van der Waals surface area contributed by atoms with E-state index in [2.05, 4.69) is 5.32 Å². The van der Waals surface area contributed by atoms with E-state index < -0.39 is 40.9 Å². The minimum absolute atomic E-state index is 0.0246. The molecule has 37 heavy (non-hydrogen) atoms. The number of nitrogens with one attached hydrogen (secondary N) is 1. The van der Waals surface area contributed by atoms with Gasteiger partial charge in [-0.05, 0) is 55.7 Å². The van der Waals surface area contributed by atoms with E-state index in [4.69, 9.17) is 4.74 Å². The van der Waals surface area contributed by atoms with Gasteiger partial charge in [-0.1, -0.05) is 0 Å². The number of carbonyl (C=O) groups excluding carboxylic acids is 3. The quantitative estimate of drug-likeness (QED) is 0.582. The van der Waals surface area contributed by atoms with Gasteiger partial charge in [0.05, 0.1) is 16.8 Å². The number of anilines is 2. The van der Waals surface area contributed by atoms with E-state index in [1.807, 2.05) is 0 Å². The fraction of sp³-hybridized carbons (Fsp3) is 0.375. The predicted octanol–water partition coefficient (Wildman–Crippen LogP) is 4.71. The standard InChI is InChI=1S/C24H21F6N3O4/c25-23(26,27)15-8-14(9-16(10-15)24(28,29)30)22(36)31-17-4-5-19-18(11-17)33(21(35)13-37-19)12-20(34)32-6-2-1-3-7-32/h4-5,8-11H,1-3,6-7,12-13H2,(H,31,36). The van der Waals surface area contributed by atoms with Crippen molar-refractivity contribution in [1.29, 1.82) is 0 Å². The predicted molar refractivity (Wildman–Crippen MR) is 119 cm³/mol. The summed E-state index contributed by atoms with van der Waals surface area (Å²) in [5, 5.41) is 2.26. The van der Waals surface area contributed by atoms with Crippen molar-refractivity contribution in [3.8, 4) is 5.75 Å². The zero-order valence-corrected chi connectivity index (χ0v) is 19.2. The fourth-order valence-corrected chi connectivity index (χ4v) is 4.12. The van der Waals surface area contributed by atoms with Crippen LogP contribution in [0.3, 0.4) is 0 Å². The molecule has 13 heteroatoms. The van der Waals surface area contributed by atoms with Crippen molar-refractivity contribution in [3.63, 3.8) is 0 Å². The van der Waals surface area contributed by atoms with Crippen molar-refractivity contribution < 1.29 is 45.5 Å². The van der Waals surface area contributed by atoms with E-state index in [9.17, 15) is 40.7 Å². The zero-order chi connectivity index (χ0) is 27.0. The average molecular weight is 529 g/mol. The molecule has 1 saturated heterocycles. The van der Waals surface area contributed by atoms with Crippen molar-refractivity contribution in [2.75, 3.05) is 36.5 Å². The normalized spacial score (nSPS) is 16.2. The van der Waals surface area contributed by atoms with Crippen LogP contribution in [0.4, 0.5) is 37.7 Å². The van der Waals surface area contributed by atoms with Crippen molar-refractivity contribution >= 4 is 29.1 Å². The molecular weight excluding hydrogens is 508 g/mol. The Balaban J connectivity index is 1.59. The number of hydrogen-bond acceptors (Lipinski definition) is 4. The average Bonchev–Trinajstić information content (AvgIpc) is 2.85. The zero-order valence-electron chi connectivity index (χ0n) is 19.2. The molecule has 3 amide bonds. The highest BCUT2D eigenvalue weighted by atomic mass is 19.4. The summed E-state index contributed by atoms with van der Waals surface area (Å²) < 4.78 is 84.3. The van der Waals surface area contributed by atoms with E-state index in [0.717, 1.165) is 19.3 Å². The summed E-state index contributed by atoms with van der Waals surface area (Å²) in [5.74, 6) is -1.80. The number of ether oxygens (including phenoxy) is 1. The Kier molecular flexibility index (Phi) is 7.07. The molecule has 0 aliphatic carbocycles. The highest BCUT2D eigenvalue weighted by molar-refractivity contribution is 6.06. The van der Waals surface area contributed by atoms with Crippen LogP contribution in [0.2, 0.25) is 0 Å². The van der Waals surface area contributed by atoms with Crippen LogP contribution in [0, 0.1) is 0 Å². The molecule has 2 heterocycles. The molecule has 1 N–H and O–H groups in total. The summed E-state index contributed by atoms with van der Waals surface area (Å²) in [6.45, 7) is 0.528. The van der Waals surface area contributed by atoms with Gasteiger partial charge in [0.1, 0.15) is 12.3 Å². The molecule has 2 aliphatic heterocycles.